The van der Waals surface area contributed by atoms with Gasteiger partial charge in [-0.3, -0.25) is 0 Å². The number of hydrogen-bond acceptors (Lipinski definition) is 5. The lowest BCUT2D eigenvalue weighted by atomic mass is 10.2. The van der Waals surface area contributed by atoms with Crippen LogP contribution in [0.3, 0.4) is 0 Å². The summed E-state index contributed by atoms with van der Waals surface area (Å²) >= 11 is 0. The van der Waals surface area contributed by atoms with Crippen LogP contribution in [0, 0.1) is 0 Å². The van der Waals surface area contributed by atoms with E-state index < -0.39 is 12.1 Å². The Balaban J connectivity index is 2.13. The van der Waals surface area contributed by atoms with Gasteiger partial charge in [-0.25, -0.2) is 4.79 Å². The average Bonchev–Trinajstić information content (AvgIpc) is 2.77. The molecule has 1 rings (SSSR count). The van der Waals surface area contributed by atoms with E-state index in [-0.39, 0.29) is 12.2 Å². The first-order valence-corrected chi connectivity index (χ1v) is 5.78. The largest absolute Gasteiger partial charge is 0.479 e. The highest BCUT2D eigenvalue weighted by atomic mass is 16.5. The molecule has 1 saturated heterocycles. The molecule has 0 saturated carbocycles. The van der Waals surface area contributed by atoms with Crippen molar-refractivity contribution in [2.45, 2.75) is 31.2 Å². The van der Waals surface area contributed by atoms with Gasteiger partial charge < -0.3 is 24.6 Å². The molecule has 1 aliphatic heterocycles. The van der Waals surface area contributed by atoms with E-state index >= 15 is 0 Å². The first kappa shape index (κ1) is 14.4. The first-order chi connectivity index (χ1) is 8.17. The van der Waals surface area contributed by atoms with E-state index in [2.05, 4.69) is 5.32 Å². The summed E-state index contributed by atoms with van der Waals surface area (Å²) in [5.74, 6) is -0.873. The zero-order chi connectivity index (χ0) is 12.7. The van der Waals surface area contributed by atoms with E-state index in [1.165, 1.54) is 0 Å². The predicted octanol–water partition coefficient (Wildman–Crippen LogP) is -0.130. The van der Waals surface area contributed by atoms with Crippen LogP contribution in [0.2, 0.25) is 0 Å². The number of carbonyl (C=O) groups is 1. The minimum absolute atomic E-state index is 0.0108. The predicted molar refractivity (Wildman–Crippen MR) is 61.1 cm³/mol. The topological polar surface area (TPSA) is 77.0 Å². The maximum atomic E-state index is 10.7. The van der Waals surface area contributed by atoms with Crippen molar-refractivity contribution >= 4 is 5.97 Å². The van der Waals surface area contributed by atoms with E-state index in [0.29, 0.717) is 26.1 Å². The van der Waals surface area contributed by atoms with E-state index in [9.17, 15) is 4.79 Å². The first-order valence-electron chi connectivity index (χ1n) is 5.78. The van der Waals surface area contributed by atoms with Crippen LogP contribution in [-0.4, -0.2) is 63.3 Å². The molecule has 0 aromatic rings. The van der Waals surface area contributed by atoms with Crippen molar-refractivity contribution in [3.05, 3.63) is 0 Å². The number of methoxy groups -OCH3 is 2. The zero-order valence-electron chi connectivity index (χ0n) is 10.3. The highest BCUT2D eigenvalue weighted by molar-refractivity contribution is 5.72. The van der Waals surface area contributed by atoms with E-state index in [4.69, 9.17) is 19.3 Å². The second-order valence-electron chi connectivity index (χ2n) is 4.13. The fourth-order valence-corrected chi connectivity index (χ4v) is 1.84. The van der Waals surface area contributed by atoms with Gasteiger partial charge in [-0.05, 0) is 12.8 Å². The summed E-state index contributed by atoms with van der Waals surface area (Å²) in [5, 5.41) is 12.0. The minimum Gasteiger partial charge on any atom is -0.479 e. The average molecular weight is 247 g/mol. The molecule has 0 aromatic heterocycles. The van der Waals surface area contributed by atoms with Gasteiger partial charge in [0, 0.05) is 27.3 Å². The maximum absolute atomic E-state index is 10.7. The monoisotopic (exact) mass is 247 g/mol. The van der Waals surface area contributed by atoms with Crippen LogP contribution in [0.15, 0.2) is 0 Å². The third-order valence-electron chi connectivity index (χ3n) is 2.81. The van der Waals surface area contributed by atoms with Gasteiger partial charge >= 0.3 is 5.97 Å². The van der Waals surface area contributed by atoms with Crippen molar-refractivity contribution in [1.82, 2.24) is 5.32 Å². The summed E-state index contributed by atoms with van der Waals surface area (Å²) in [5.41, 5.74) is 0. The Morgan fingerprint density at radius 1 is 1.53 bits per heavy atom. The van der Waals surface area contributed by atoms with Crippen LogP contribution in [0.25, 0.3) is 0 Å². The zero-order valence-corrected chi connectivity index (χ0v) is 10.3. The second-order valence-corrected chi connectivity index (χ2v) is 4.13. The quantitative estimate of drug-likeness (QED) is 0.622. The van der Waals surface area contributed by atoms with E-state index in [1.807, 2.05) is 0 Å². The molecule has 17 heavy (non-hydrogen) atoms. The Hall–Kier alpha value is -0.690. The van der Waals surface area contributed by atoms with Crippen LogP contribution in [0.4, 0.5) is 0 Å². The maximum Gasteiger partial charge on any atom is 0.332 e. The summed E-state index contributed by atoms with van der Waals surface area (Å²) in [6, 6.07) is 0. The molecule has 0 aromatic carbocycles. The molecule has 6 heteroatoms. The summed E-state index contributed by atoms with van der Waals surface area (Å²) < 4.78 is 15.5. The number of hydrogen-bond donors (Lipinski definition) is 2. The molecule has 1 aliphatic rings. The van der Waals surface area contributed by atoms with Gasteiger partial charge in [-0.2, -0.15) is 0 Å². The van der Waals surface area contributed by atoms with Gasteiger partial charge in [-0.15, -0.1) is 0 Å². The summed E-state index contributed by atoms with van der Waals surface area (Å²) in [6.07, 6.45) is 0.728. The Morgan fingerprint density at radius 2 is 2.29 bits per heavy atom. The van der Waals surface area contributed by atoms with Crippen LogP contribution in [0.1, 0.15) is 12.8 Å². The Bertz CT molecular complexity index is 236. The lowest BCUT2D eigenvalue weighted by Gasteiger charge is -2.17. The molecule has 3 unspecified atom stereocenters. The molecular formula is C11H21NO5. The summed E-state index contributed by atoms with van der Waals surface area (Å²) in [6.45, 7) is 1.85. The molecular weight excluding hydrogens is 226 g/mol. The van der Waals surface area contributed by atoms with Crippen molar-refractivity contribution in [2.24, 2.45) is 0 Å². The van der Waals surface area contributed by atoms with Crippen LogP contribution < -0.4 is 5.32 Å². The van der Waals surface area contributed by atoms with Crippen LogP contribution >= 0.6 is 0 Å². The van der Waals surface area contributed by atoms with Gasteiger partial charge in [0.2, 0.25) is 0 Å². The van der Waals surface area contributed by atoms with E-state index in [0.717, 1.165) is 6.42 Å². The van der Waals surface area contributed by atoms with Crippen molar-refractivity contribution in [3.8, 4) is 0 Å². The Kier molecular flexibility index (Phi) is 6.43. The molecule has 1 heterocycles. The molecule has 0 radical (unpaired) electrons. The van der Waals surface area contributed by atoms with Gasteiger partial charge in [-0.1, -0.05) is 0 Å². The number of nitrogens with one attached hydrogen (secondary N) is 1. The highest BCUT2D eigenvalue weighted by Crippen LogP contribution is 2.19. The second kappa shape index (κ2) is 7.60. The fourth-order valence-electron chi connectivity index (χ4n) is 1.84. The van der Waals surface area contributed by atoms with Gasteiger partial charge in [0.05, 0.1) is 18.8 Å². The lowest BCUT2D eigenvalue weighted by molar-refractivity contribution is -0.149. The molecule has 100 valence electrons. The lowest BCUT2D eigenvalue weighted by Crippen LogP contribution is -2.36. The Morgan fingerprint density at radius 3 is 2.82 bits per heavy atom. The van der Waals surface area contributed by atoms with Crippen molar-refractivity contribution in [1.29, 1.82) is 0 Å². The smallest absolute Gasteiger partial charge is 0.332 e. The molecule has 3 atom stereocenters. The third kappa shape index (κ3) is 4.99. The standard InChI is InChI=1S/C11H21NO5/c1-15-7-9(16-2)6-12-5-8-3-4-10(17-8)11(13)14/h8-10,12H,3-7H2,1-2H3,(H,13,14). The van der Waals surface area contributed by atoms with Crippen LogP contribution in [0.5, 0.6) is 0 Å². The normalized spacial score (nSPS) is 26.0. The molecule has 6 nitrogen and oxygen atoms in total. The van der Waals surface area contributed by atoms with Gasteiger partial charge in [0.25, 0.3) is 0 Å². The molecule has 0 amide bonds. The molecule has 0 spiro atoms. The highest BCUT2D eigenvalue weighted by Gasteiger charge is 2.30. The number of rotatable bonds is 8. The minimum atomic E-state index is -0.873. The number of carboxylic acid groups (broad SMARTS) is 1. The number of aliphatic carboxylic acids is 1. The molecule has 0 aliphatic carbocycles. The molecule has 0 bridgehead atoms. The Labute approximate surface area is 101 Å². The number of carboxylic acids is 1. The summed E-state index contributed by atoms with van der Waals surface area (Å²) in [7, 11) is 3.27. The fraction of sp³-hybridized carbons (Fsp3) is 0.909. The van der Waals surface area contributed by atoms with Crippen molar-refractivity contribution < 1.29 is 24.1 Å². The van der Waals surface area contributed by atoms with Crippen molar-refractivity contribution in [2.75, 3.05) is 33.9 Å². The van der Waals surface area contributed by atoms with Gasteiger partial charge in [0.1, 0.15) is 0 Å². The third-order valence-corrected chi connectivity index (χ3v) is 2.81. The van der Waals surface area contributed by atoms with E-state index in [1.54, 1.807) is 14.2 Å². The van der Waals surface area contributed by atoms with Crippen molar-refractivity contribution in [3.63, 3.8) is 0 Å². The molecule has 1 fully saturated rings. The molecule has 2 N–H and O–H groups in total. The summed E-state index contributed by atoms with van der Waals surface area (Å²) in [4.78, 5) is 10.7. The van der Waals surface area contributed by atoms with Crippen LogP contribution in [-0.2, 0) is 19.0 Å². The number of ether oxygens (including phenoxy) is 3. The van der Waals surface area contributed by atoms with Gasteiger partial charge in [0.15, 0.2) is 6.10 Å². The SMILES string of the molecule is COCC(CNCC1CCC(C(=O)O)O1)OC.